The van der Waals surface area contributed by atoms with Crippen LogP contribution in [0.15, 0.2) is 29.2 Å². The van der Waals surface area contributed by atoms with Gasteiger partial charge in [0.15, 0.2) is 0 Å². The Morgan fingerprint density at radius 3 is 2.53 bits per heavy atom. The maximum absolute atomic E-state index is 5.64. The van der Waals surface area contributed by atoms with E-state index in [9.17, 15) is 0 Å². The van der Waals surface area contributed by atoms with Crippen molar-refractivity contribution in [2.45, 2.75) is 24.3 Å². The summed E-state index contributed by atoms with van der Waals surface area (Å²) in [6.07, 6.45) is 3.17. The van der Waals surface area contributed by atoms with Gasteiger partial charge >= 0.3 is 0 Å². The van der Waals surface area contributed by atoms with Crippen LogP contribution < -0.4 is 11.1 Å². The van der Waals surface area contributed by atoms with Gasteiger partial charge in [0, 0.05) is 17.5 Å². The molecule has 0 aliphatic carbocycles. The third-order valence-corrected chi connectivity index (χ3v) is 2.96. The van der Waals surface area contributed by atoms with E-state index in [-0.39, 0.29) is 6.04 Å². The molecule has 3 heteroatoms. The molecule has 0 radical (unpaired) electrons. The second-order valence-corrected chi connectivity index (χ2v) is 4.66. The lowest BCUT2D eigenvalue weighted by atomic mass is 10.1. The zero-order valence-corrected chi connectivity index (χ0v) is 10.3. The minimum Gasteiger partial charge on any atom is -0.327 e. The highest BCUT2D eigenvalue weighted by molar-refractivity contribution is 7.98. The zero-order chi connectivity index (χ0) is 11.1. The van der Waals surface area contributed by atoms with Gasteiger partial charge < -0.3 is 11.1 Å². The average Bonchev–Trinajstić information content (AvgIpc) is 2.25. The smallest absolute Gasteiger partial charge is 0.0136 e. The van der Waals surface area contributed by atoms with Crippen molar-refractivity contribution in [3.05, 3.63) is 29.8 Å². The topological polar surface area (TPSA) is 38.0 Å². The number of nitrogens with two attached hydrogens (primary N) is 1. The van der Waals surface area contributed by atoms with E-state index in [1.807, 2.05) is 6.92 Å². The van der Waals surface area contributed by atoms with Gasteiger partial charge in [-0.05, 0) is 43.8 Å². The Labute approximate surface area is 96.6 Å². The predicted molar refractivity (Wildman–Crippen MR) is 68.4 cm³/mol. The van der Waals surface area contributed by atoms with Crippen LogP contribution in [0.1, 0.15) is 12.5 Å². The lowest BCUT2D eigenvalue weighted by molar-refractivity contribution is 0.609. The summed E-state index contributed by atoms with van der Waals surface area (Å²) in [5.41, 5.74) is 7.02. The van der Waals surface area contributed by atoms with Crippen LogP contribution in [0.4, 0.5) is 0 Å². The molecule has 0 aromatic heterocycles. The molecule has 15 heavy (non-hydrogen) atoms. The van der Waals surface area contributed by atoms with Crippen molar-refractivity contribution in [3.63, 3.8) is 0 Å². The predicted octanol–water partition coefficient (Wildman–Crippen LogP) is 1.89. The highest BCUT2D eigenvalue weighted by atomic mass is 32.2. The molecule has 1 rings (SSSR count). The van der Waals surface area contributed by atoms with Crippen molar-refractivity contribution in [2.75, 3.05) is 19.3 Å². The maximum atomic E-state index is 5.64. The average molecular weight is 224 g/mol. The monoisotopic (exact) mass is 224 g/mol. The first-order valence-corrected chi connectivity index (χ1v) is 6.54. The second kappa shape index (κ2) is 6.88. The number of hydrogen-bond acceptors (Lipinski definition) is 3. The van der Waals surface area contributed by atoms with Gasteiger partial charge in [-0.2, -0.15) is 0 Å². The number of benzene rings is 1. The van der Waals surface area contributed by atoms with Crippen LogP contribution in [0, 0.1) is 0 Å². The molecule has 0 bridgehead atoms. The molecule has 0 fully saturated rings. The molecule has 1 unspecified atom stereocenters. The lowest BCUT2D eigenvalue weighted by Crippen LogP contribution is -2.32. The quantitative estimate of drug-likeness (QED) is 0.572. The van der Waals surface area contributed by atoms with Crippen molar-refractivity contribution in [2.24, 2.45) is 5.73 Å². The summed E-state index contributed by atoms with van der Waals surface area (Å²) in [6, 6.07) is 8.97. The van der Waals surface area contributed by atoms with Crippen LogP contribution in [0.2, 0.25) is 0 Å². The molecular formula is C12H20N2S. The van der Waals surface area contributed by atoms with Crippen molar-refractivity contribution in [1.82, 2.24) is 5.32 Å². The molecular weight excluding hydrogens is 204 g/mol. The molecule has 1 atom stereocenters. The molecule has 1 aromatic rings. The summed E-state index contributed by atoms with van der Waals surface area (Å²) in [4.78, 5) is 1.32. The Bertz CT molecular complexity index is 269. The van der Waals surface area contributed by atoms with Crippen LogP contribution in [0.25, 0.3) is 0 Å². The first-order chi connectivity index (χ1) is 7.22. The molecule has 1 aromatic carbocycles. The summed E-state index contributed by atoms with van der Waals surface area (Å²) in [7, 11) is 0. The highest BCUT2D eigenvalue weighted by Crippen LogP contribution is 2.14. The summed E-state index contributed by atoms with van der Waals surface area (Å²) < 4.78 is 0. The van der Waals surface area contributed by atoms with E-state index in [4.69, 9.17) is 5.73 Å². The van der Waals surface area contributed by atoms with Gasteiger partial charge in [-0.3, -0.25) is 0 Å². The first-order valence-electron chi connectivity index (χ1n) is 5.31. The Kier molecular flexibility index (Phi) is 5.76. The second-order valence-electron chi connectivity index (χ2n) is 3.78. The van der Waals surface area contributed by atoms with E-state index >= 15 is 0 Å². The molecule has 0 spiro atoms. The van der Waals surface area contributed by atoms with E-state index in [0.717, 1.165) is 19.5 Å². The first kappa shape index (κ1) is 12.6. The number of rotatable bonds is 6. The normalized spacial score (nSPS) is 12.7. The van der Waals surface area contributed by atoms with E-state index in [2.05, 4.69) is 35.8 Å². The van der Waals surface area contributed by atoms with Crippen LogP contribution >= 0.6 is 11.8 Å². The van der Waals surface area contributed by atoms with E-state index in [1.54, 1.807) is 11.8 Å². The van der Waals surface area contributed by atoms with Gasteiger partial charge in [0.05, 0.1) is 0 Å². The van der Waals surface area contributed by atoms with E-state index in [1.165, 1.54) is 10.5 Å². The molecule has 0 aliphatic heterocycles. The Hall–Kier alpha value is -0.510. The fourth-order valence-corrected chi connectivity index (χ4v) is 1.76. The molecule has 0 amide bonds. The number of hydrogen-bond donors (Lipinski definition) is 2. The Balaban J connectivity index is 2.25. The van der Waals surface area contributed by atoms with Crippen LogP contribution in [-0.2, 0) is 6.42 Å². The Morgan fingerprint density at radius 1 is 1.33 bits per heavy atom. The molecule has 0 saturated heterocycles. The Morgan fingerprint density at radius 2 is 2.00 bits per heavy atom. The third kappa shape index (κ3) is 5.21. The van der Waals surface area contributed by atoms with Crippen LogP contribution in [0.3, 0.4) is 0 Å². The van der Waals surface area contributed by atoms with E-state index in [0.29, 0.717) is 0 Å². The minimum absolute atomic E-state index is 0.240. The lowest BCUT2D eigenvalue weighted by Gasteiger charge is -2.07. The maximum Gasteiger partial charge on any atom is 0.0136 e. The van der Waals surface area contributed by atoms with Gasteiger partial charge in [-0.1, -0.05) is 12.1 Å². The van der Waals surface area contributed by atoms with E-state index < -0.39 is 0 Å². The molecule has 0 heterocycles. The van der Waals surface area contributed by atoms with Crippen LogP contribution in [0.5, 0.6) is 0 Å². The van der Waals surface area contributed by atoms with Crippen molar-refractivity contribution in [1.29, 1.82) is 0 Å². The largest absolute Gasteiger partial charge is 0.327 e. The fraction of sp³-hybridized carbons (Fsp3) is 0.500. The van der Waals surface area contributed by atoms with Crippen LogP contribution in [-0.4, -0.2) is 25.4 Å². The minimum atomic E-state index is 0.240. The molecule has 2 nitrogen and oxygen atoms in total. The van der Waals surface area contributed by atoms with Gasteiger partial charge in [0.25, 0.3) is 0 Å². The SMILES string of the molecule is CSc1ccc(CCNCC(C)N)cc1. The van der Waals surface area contributed by atoms with Crippen molar-refractivity contribution < 1.29 is 0 Å². The molecule has 0 saturated carbocycles. The van der Waals surface area contributed by atoms with Gasteiger partial charge in [0.2, 0.25) is 0 Å². The zero-order valence-electron chi connectivity index (χ0n) is 9.49. The highest BCUT2D eigenvalue weighted by Gasteiger charge is 1.95. The molecule has 84 valence electrons. The standard InChI is InChI=1S/C12H20N2S/c1-10(13)9-14-8-7-11-3-5-12(15-2)6-4-11/h3-6,10,14H,7-9,13H2,1-2H3. The molecule has 3 N–H and O–H groups in total. The van der Waals surface area contributed by atoms with Gasteiger partial charge in [-0.25, -0.2) is 0 Å². The van der Waals surface area contributed by atoms with Gasteiger partial charge in [0.1, 0.15) is 0 Å². The van der Waals surface area contributed by atoms with Gasteiger partial charge in [-0.15, -0.1) is 11.8 Å². The summed E-state index contributed by atoms with van der Waals surface area (Å²) in [5.74, 6) is 0. The third-order valence-electron chi connectivity index (χ3n) is 2.22. The summed E-state index contributed by atoms with van der Waals surface area (Å²) in [6.45, 7) is 3.91. The summed E-state index contributed by atoms with van der Waals surface area (Å²) >= 11 is 1.78. The summed E-state index contributed by atoms with van der Waals surface area (Å²) in [5, 5.41) is 3.33. The fourth-order valence-electron chi connectivity index (χ4n) is 1.35. The van der Waals surface area contributed by atoms with Crippen molar-refractivity contribution in [3.8, 4) is 0 Å². The molecule has 0 aliphatic rings. The number of nitrogens with one attached hydrogen (secondary N) is 1. The number of thioether (sulfide) groups is 1. The van der Waals surface area contributed by atoms with Crippen molar-refractivity contribution >= 4 is 11.8 Å².